The molecule has 160 valence electrons. The molecule has 3 aromatic rings. The first-order valence-corrected chi connectivity index (χ1v) is 9.37. The zero-order chi connectivity index (χ0) is 21.9. The van der Waals surface area contributed by atoms with Crippen molar-refractivity contribution in [3.05, 3.63) is 52.5 Å². The summed E-state index contributed by atoms with van der Waals surface area (Å²) in [7, 11) is 1.55. The number of fused-ring (bicyclic) bond motifs is 4. The van der Waals surface area contributed by atoms with Crippen molar-refractivity contribution in [2.45, 2.75) is 25.4 Å². The van der Waals surface area contributed by atoms with Gasteiger partial charge in [0.2, 0.25) is 5.88 Å². The Morgan fingerprint density at radius 3 is 2.77 bits per heavy atom. The van der Waals surface area contributed by atoms with Crippen molar-refractivity contribution < 1.29 is 27.4 Å². The number of halogens is 3. The van der Waals surface area contributed by atoms with Gasteiger partial charge in [-0.1, -0.05) is 0 Å². The molecule has 2 aliphatic rings. The molecule has 0 bridgehead atoms. The second-order valence-corrected chi connectivity index (χ2v) is 7.37. The number of ether oxygens (including phenoxy) is 2. The van der Waals surface area contributed by atoms with Crippen LogP contribution in [0.1, 0.15) is 38.9 Å². The highest BCUT2D eigenvalue weighted by atomic mass is 19.4. The SMILES string of the molecule is CN(C(=O)c1cc2c3c(c(N)nc2cn1)COC3)[C@@H]1COc2nc(C(F)(F)F)ccc21. The Bertz CT molecular complexity index is 1230. The summed E-state index contributed by atoms with van der Waals surface area (Å²) in [5, 5.41) is 0.730. The molecular formula is C20H16F3N5O3. The smallest absolute Gasteiger partial charge is 0.433 e. The lowest BCUT2D eigenvalue weighted by Crippen LogP contribution is -2.32. The van der Waals surface area contributed by atoms with E-state index in [1.165, 1.54) is 17.2 Å². The van der Waals surface area contributed by atoms with Gasteiger partial charge in [0.25, 0.3) is 5.91 Å². The topological polar surface area (TPSA) is 103 Å². The van der Waals surface area contributed by atoms with E-state index in [1.54, 1.807) is 13.1 Å². The number of aromatic nitrogens is 3. The summed E-state index contributed by atoms with van der Waals surface area (Å²) in [6, 6.07) is 3.22. The third kappa shape index (κ3) is 3.12. The van der Waals surface area contributed by atoms with Gasteiger partial charge in [0.05, 0.1) is 31.0 Å². The summed E-state index contributed by atoms with van der Waals surface area (Å²) < 4.78 is 49.5. The predicted octanol–water partition coefficient (Wildman–Crippen LogP) is 2.86. The van der Waals surface area contributed by atoms with E-state index in [0.717, 1.165) is 22.6 Å². The molecule has 0 fully saturated rings. The number of hydrogen-bond acceptors (Lipinski definition) is 7. The third-order valence-corrected chi connectivity index (χ3v) is 5.54. The standard InChI is InChI=1S/C20H16F3N5O3/c1-28(15-8-31-18-9(15)2-3-16(27-18)20(21,22)23)19(29)13-4-10-11-6-30-7-12(11)17(24)26-14(10)5-25-13/h2-5,15H,6-8H2,1H3,(H2,24,26)/t15-/m1/s1. The first-order chi connectivity index (χ1) is 14.7. The van der Waals surface area contributed by atoms with Crippen LogP contribution in [0.4, 0.5) is 19.0 Å². The highest BCUT2D eigenvalue weighted by Gasteiger charge is 2.37. The van der Waals surface area contributed by atoms with Crippen molar-refractivity contribution in [1.29, 1.82) is 0 Å². The minimum atomic E-state index is -4.57. The molecule has 2 N–H and O–H groups in total. The Balaban J connectivity index is 1.47. The van der Waals surface area contributed by atoms with Crippen LogP contribution >= 0.6 is 0 Å². The van der Waals surface area contributed by atoms with Crippen LogP contribution in [0.2, 0.25) is 0 Å². The van der Waals surface area contributed by atoms with Crippen molar-refractivity contribution in [3.8, 4) is 5.88 Å². The number of hydrogen-bond donors (Lipinski definition) is 1. The summed E-state index contributed by atoms with van der Waals surface area (Å²) in [6.07, 6.45) is -3.10. The van der Waals surface area contributed by atoms with Crippen LogP contribution in [0.25, 0.3) is 10.9 Å². The second kappa shape index (κ2) is 6.77. The van der Waals surface area contributed by atoms with Crippen LogP contribution in [0.15, 0.2) is 24.4 Å². The lowest BCUT2D eigenvalue weighted by Gasteiger charge is -2.23. The number of nitrogens with two attached hydrogens (primary N) is 1. The Morgan fingerprint density at radius 1 is 1.23 bits per heavy atom. The van der Waals surface area contributed by atoms with E-state index in [2.05, 4.69) is 15.0 Å². The molecule has 5 heterocycles. The predicted molar refractivity (Wildman–Crippen MR) is 102 cm³/mol. The molecule has 0 aromatic carbocycles. The largest absolute Gasteiger partial charge is 0.475 e. The van der Waals surface area contributed by atoms with Crippen molar-refractivity contribution in [1.82, 2.24) is 19.9 Å². The van der Waals surface area contributed by atoms with Gasteiger partial charge in [-0.25, -0.2) is 15.0 Å². The number of nitrogens with zero attached hydrogens (tertiary/aromatic N) is 4. The summed E-state index contributed by atoms with van der Waals surface area (Å²) in [4.78, 5) is 26.6. The molecule has 5 rings (SSSR count). The van der Waals surface area contributed by atoms with E-state index in [9.17, 15) is 18.0 Å². The lowest BCUT2D eigenvalue weighted by atomic mass is 10.0. The van der Waals surface area contributed by atoms with Gasteiger partial charge in [-0.15, -0.1) is 0 Å². The summed E-state index contributed by atoms with van der Waals surface area (Å²) in [6.45, 7) is 0.725. The Morgan fingerprint density at radius 2 is 2.00 bits per heavy atom. The van der Waals surface area contributed by atoms with Crippen LogP contribution in [0, 0.1) is 0 Å². The molecule has 8 nitrogen and oxygen atoms in total. The average Bonchev–Trinajstić information content (AvgIpc) is 3.39. The zero-order valence-electron chi connectivity index (χ0n) is 16.2. The second-order valence-electron chi connectivity index (χ2n) is 7.37. The van der Waals surface area contributed by atoms with E-state index in [0.29, 0.717) is 30.1 Å². The van der Waals surface area contributed by atoms with Gasteiger partial charge in [0, 0.05) is 23.6 Å². The highest BCUT2D eigenvalue weighted by molar-refractivity contribution is 5.97. The molecule has 0 radical (unpaired) electrons. The number of pyridine rings is 3. The van der Waals surface area contributed by atoms with E-state index >= 15 is 0 Å². The summed E-state index contributed by atoms with van der Waals surface area (Å²) in [5.74, 6) is -0.156. The molecule has 1 amide bonds. The zero-order valence-corrected chi connectivity index (χ0v) is 16.2. The number of amides is 1. The molecule has 0 saturated carbocycles. The molecule has 0 spiro atoms. The van der Waals surface area contributed by atoms with E-state index in [1.807, 2.05) is 0 Å². The molecule has 11 heteroatoms. The van der Waals surface area contributed by atoms with Crippen LogP contribution in [0.5, 0.6) is 5.88 Å². The van der Waals surface area contributed by atoms with Gasteiger partial charge >= 0.3 is 6.18 Å². The molecule has 0 saturated heterocycles. The van der Waals surface area contributed by atoms with Crippen LogP contribution in [-0.4, -0.2) is 39.4 Å². The van der Waals surface area contributed by atoms with Crippen molar-refractivity contribution >= 4 is 22.6 Å². The quantitative estimate of drug-likeness (QED) is 0.666. The molecule has 0 unspecified atom stereocenters. The number of anilines is 1. The fourth-order valence-electron chi connectivity index (χ4n) is 3.86. The van der Waals surface area contributed by atoms with Gasteiger partial charge in [-0.2, -0.15) is 13.2 Å². The maximum Gasteiger partial charge on any atom is 0.433 e. The average molecular weight is 431 g/mol. The number of alkyl halides is 3. The van der Waals surface area contributed by atoms with Gasteiger partial charge in [0.15, 0.2) is 0 Å². The Hall–Kier alpha value is -3.47. The monoisotopic (exact) mass is 431 g/mol. The normalized spacial score (nSPS) is 17.4. The Labute approximate surface area is 173 Å². The van der Waals surface area contributed by atoms with Crippen molar-refractivity contribution in [2.24, 2.45) is 0 Å². The Kier molecular flexibility index (Phi) is 4.26. The molecule has 0 aliphatic carbocycles. The van der Waals surface area contributed by atoms with Gasteiger partial charge in [0.1, 0.15) is 23.8 Å². The van der Waals surface area contributed by atoms with Crippen LogP contribution in [-0.2, 0) is 24.1 Å². The number of likely N-dealkylation sites (N-methyl/N-ethyl adjacent to an activating group) is 1. The number of carbonyl (C=O) groups is 1. The maximum absolute atomic E-state index is 13.1. The van der Waals surface area contributed by atoms with E-state index in [4.69, 9.17) is 15.2 Å². The summed E-state index contributed by atoms with van der Waals surface area (Å²) in [5.41, 5.74) is 7.74. The van der Waals surface area contributed by atoms with Crippen LogP contribution in [0.3, 0.4) is 0 Å². The molecule has 3 aromatic heterocycles. The van der Waals surface area contributed by atoms with Crippen molar-refractivity contribution in [2.75, 3.05) is 19.4 Å². The minimum Gasteiger partial charge on any atom is -0.475 e. The van der Waals surface area contributed by atoms with Gasteiger partial charge in [-0.3, -0.25) is 4.79 Å². The van der Waals surface area contributed by atoms with E-state index < -0.39 is 23.8 Å². The van der Waals surface area contributed by atoms with Crippen molar-refractivity contribution in [3.63, 3.8) is 0 Å². The number of rotatable bonds is 2. The highest BCUT2D eigenvalue weighted by Crippen LogP contribution is 2.38. The van der Waals surface area contributed by atoms with E-state index in [-0.39, 0.29) is 18.2 Å². The fourth-order valence-corrected chi connectivity index (χ4v) is 3.86. The summed E-state index contributed by atoms with van der Waals surface area (Å²) >= 11 is 0. The molecule has 31 heavy (non-hydrogen) atoms. The molecule has 2 aliphatic heterocycles. The third-order valence-electron chi connectivity index (χ3n) is 5.54. The maximum atomic E-state index is 13.1. The molecule has 1 atom stereocenters. The lowest BCUT2D eigenvalue weighted by molar-refractivity contribution is -0.141. The van der Waals surface area contributed by atoms with Gasteiger partial charge < -0.3 is 20.1 Å². The first kappa shape index (κ1) is 19.5. The fraction of sp³-hybridized carbons (Fsp3) is 0.300. The number of nitrogen functional groups attached to an aromatic ring is 1. The minimum absolute atomic E-state index is 0.000786. The molecular weight excluding hydrogens is 415 g/mol. The van der Waals surface area contributed by atoms with Crippen LogP contribution < -0.4 is 10.5 Å². The van der Waals surface area contributed by atoms with Gasteiger partial charge in [-0.05, 0) is 23.8 Å². The first-order valence-electron chi connectivity index (χ1n) is 9.37. The number of carbonyl (C=O) groups excluding carboxylic acids is 1.